The van der Waals surface area contributed by atoms with Gasteiger partial charge in [-0.3, -0.25) is 14.9 Å². The number of rotatable bonds is 6. The summed E-state index contributed by atoms with van der Waals surface area (Å²) in [4.78, 5) is 22.8. The van der Waals surface area contributed by atoms with E-state index in [2.05, 4.69) is 10.0 Å². The number of nitrogens with one attached hydrogen (secondary N) is 2. The van der Waals surface area contributed by atoms with E-state index in [1.807, 2.05) is 0 Å². The lowest BCUT2D eigenvalue weighted by Crippen LogP contribution is -2.30. The fourth-order valence-corrected chi connectivity index (χ4v) is 3.75. The molecule has 0 saturated heterocycles. The minimum absolute atomic E-state index is 0.0547. The number of anilines is 1. The van der Waals surface area contributed by atoms with Crippen molar-refractivity contribution in [2.45, 2.75) is 31.7 Å². The average molecular weight is 412 g/mol. The topological polar surface area (TPSA) is 118 Å². The fraction of sp³-hybridized carbons (Fsp3) is 0.235. The first kappa shape index (κ1) is 20.8. The summed E-state index contributed by atoms with van der Waals surface area (Å²) in [6, 6.07) is 7.49. The van der Waals surface area contributed by atoms with Gasteiger partial charge in [0.05, 0.1) is 26.1 Å². The Hall–Kier alpha value is -2.49. The molecule has 8 nitrogen and oxygen atoms in total. The van der Waals surface area contributed by atoms with E-state index in [9.17, 15) is 23.3 Å². The first-order chi connectivity index (χ1) is 12.5. The Morgan fingerprint density at radius 2 is 1.85 bits per heavy atom. The summed E-state index contributed by atoms with van der Waals surface area (Å²) in [6.07, 6.45) is 0. The van der Waals surface area contributed by atoms with Gasteiger partial charge in [-0.2, -0.15) is 0 Å². The average Bonchev–Trinajstić information content (AvgIpc) is 2.55. The number of carbonyl (C=O) groups excluding carboxylic acids is 1. The molecule has 2 aromatic carbocycles. The van der Waals surface area contributed by atoms with Gasteiger partial charge >= 0.3 is 0 Å². The van der Waals surface area contributed by atoms with Gasteiger partial charge in [0.25, 0.3) is 11.6 Å². The van der Waals surface area contributed by atoms with Crippen molar-refractivity contribution < 1.29 is 18.1 Å². The van der Waals surface area contributed by atoms with E-state index in [-0.39, 0.29) is 32.9 Å². The highest BCUT2D eigenvalue weighted by Gasteiger charge is 2.20. The number of hydrogen-bond acceptors (Lipinski definition) is 5. The number of carbonyl (C=O) groups is 1. The molecule has 27 heavy (non-hydrogen) atoms. The number of amides is 1. The third-order valence-corrected chi connectivity index (χ3v) is 5.55. The van der Waals surface area contributed by atoms with E-state index in [0.717, 1.165) is 6.07 Å². The van der Waals surface area contributed by atoms with Crippen LogP contribution in [0, 0.1) is 17.0 Å². The molecule has 0 unspecified atom stereocenters. The van der Waals surface area contributed by atoms with Crippen molar-refractivity contribution in [3.05, 3.63) is 62.7 Å². The maximum Gasteiger partial charge on any atom is 0.271 e. The normalized spacial score (nSPS) is 11.4. The van der Waals surface area contributed by atoms with Crippen LogP contribution in [0.25, 0.3) is 0 Å². The lowest BCUT2D eigenvalue weighted by atomic mass is 10.1. The van der Waals surface area contributed by atoms with Gasteiger partial charge < -0.3 is 5.32 Å². The van der Waals surface area contributed by atoms with Crippen molar-refractivity contribution in [1.82, 2.24) is 4.72 Å². The van der Waals surface area contributed by atoms with E-state index in [4.69, 9.17) is 11.6 Å². The number of aryl methyl sites for hydroxylation is 1. The Morgan fingerprint density at radius 3 is 2.44 bits per heavy atom. The van der Waals surface area contributed by atoms with E-state index >= 15 is 0 Å². The van der Waals surface area contributed by atoms with Gasteiger partial charge in [-0.25, -0.2) is 13.1 Å². The fourth-order valence-electron chi connectivity index (χ4n) is 2.27. The highest BCUT2D eigenvalue weighted by atomic mass is 35.5. The molecule has 0 aliphatic rings. The van der Waals surface area contributed by atoms with Crippen LogP contribution >= 0.6 is 11.6 Å². The van der Waals surface area contributed by atoms with Crippen LogP contribution in [0.5, 0.6) is 0 Å². The Morgan fingerprint density at radius 1 is 1.19 bits per heavy atom. The van der Waals surface area contributed by atoms with Crippen LogP contribution < -0.4 is 10.0 Å². The molecular formula is C17H18ClN3O5S. The van der Waals surface area contributed by atoms with E-state index in [1.165, 1.54) is 30.3 Å². The first-order valence-electron chi connectivity index (χ1n) is 7.89. The van der Waals surface area contributed by atoms with Crippen molar-refractivity contribution in [2.24, 2.45) is 0 Å². The van der Waals surface area contributed by atoms with Crippen LogP contribution in [0.2, 0.25) is 5.02 Å². The highest BCUT2D eigenvalue weighted by molar-refractivity contribution is 7.89. The lowest BCUT2D eigenvalue weighted by molar-refractivity contribution is -0.384. The zero-order valence-corrected chi connectivity index (χ0v) is 16.4. The Labute approximate surface area is 161 Å². The molecule has 0 bridgehead atoms. The van der Waals surface area contributed by atoms with Crippen molar-refractivity contribution in [3.63, 3.8) is 0 Å². The minimum atomic E-state index is -3.81. The molecule has 0 aliphatic carbocycles. The predicted octanol–water partition coefficient (Wildman–Crippen LogP) is 3.50. The summed E-state index contributed by atoms with van der Waals surface area (Å²) in [5, 5.41) is 13.5. The molecule has 144 valence electrons. The monoisotopic (exact) mass is 411 g/mol. The molecule has 2 rings (SSSR count). The summed E-state index contributed by atoms with van der Waals surface area (Å²) in [5.74, 6) is -0.676. The Balaban J connectivity index is 2.39. The molecule has 0 aliphatic heterocycles. The smallest absolute Gasteiger partial charge is 0.271 e. The zero-order chi connectivity index (χ0) is 20.4. The molecule has 1 amide bonds. The number of benzene rings is 2. The zero-order valence-electron chi connectivity index (χ0n) is 14.8. The quantitative estimate of drug-likeness (QED) is 0.557. The number of non-ortho nitro benzene ring substituents is 1. The summed E-state index contributed by atoms with van der Waals surface area (Å²) in [7, 11) is -3.81. The molecule has 0 radical (unpaired) electrons. The van der Waals surface area contributed by atoms with Gasteiger partial charge in [-0.15, -0.1) is 0 Å². The third-order valence-electron chi connectivity index (χ3n) is 3.56. The molecule has 0 fully saturated rings. The van der Waals surface area contributed by atoms with Gasteiger partial charge in [0.15, 0.2) is 0 Å². The maximum atomic E-state index is 12.6. The van der Waals surface area contributed by atoms with Crippen LogP contribution in [0.4, 0.5) is 11.4 Å². The minimum Gasteiger partial charge on any atom is -0.321 e. The van der Waals surface area contributed by atoms with Gasteiger partial charge in [-0.1, -0.05) is 17.7 Å². The predicted molar refractivity (Wildman–Crippen MR) is 103 cm³/mol. The molecule has 0 saturated carbocycles. The number of nitro groups is 1. The standard InChI is InChI=1S/C17H18ClN3O5S/c1-10(2)20-27(25,26)13-6-7-15(18)14(9-13)17(22)19-16-8-12(21(23)24)5-4-11(16)3/h4-10,20H,1-3H3,(H,19,22). The van der Waals surface area contributed by atoms with Gasteiger partial charge in [0, 0.05) is 18.2 Å². The van der Waals surface area contributed by atoms with E-state index < -0.39 is 20.9 Å². The molecule has 0 atom stereocenters. The number of halogens is 1. The molecule has 2 aromatic rings. The van der Waals surface area contributed by atoms with Crippen molar-refractivity contribution in [2.75, 3.05) is 5.32 Å². The second-order valence-corrected chi connectivity index (χ2v) is 8.25. The van der Waals surface area contributed by atoms with E-state index in [1.54, 1.807) is 20.8 Å². The second-order valence-electron chi connectivity index (χ2n) is 6.13. The SMILES string of the molecule is Cc1ccc([N+](=O)[O-])cc1NC(=O)c1cc(S(=O)(=O)NC(C)C)ccc1Cl. The van der Waals surface area contributed by atoms with E-state index in [0.29, 0.717) is 5.56 Å². The van der Waals surface area contributed by atoms with Gasteiger partial charge in [0.2, 0.25) is 10.0 Å². The van der Waals surface area contributed by atoms with Crippen LogP contribution in [0.3, 0.4) is 0 Å². The number of hydrogen-bond donors (Lipinski definition) is 2. The molecular weight excluding hydrogens is 394 g/mol. The molecule has 0 spiro atoms. The molecule has 0 aromatic heterocycles. The Kier molecular flexibility index (Phi) is 6.19. The lowest BCUT2D eigenvalue weighted by Gasteiger charge is -2.13. The van der Waals surface area contributed by atoms with Crippen LogP contribution in [0.15, 0.2) is 41.3 Å². The third kappa shape index (κ3) is 5.03. The highest BCUT2D eigenvalue weighted by Crippen LogP contribution is 2.25. The first-order valence-corrected chi connectivity index (χ1v) is 9.75. The number of nitrogens with zero attached hydrogens (tertiary/aromatic N) is 1. The maximum absolute atomic E-state index is 12.6. The summed E-state index contributed by atoms with van der Waals surface area (Å²) >= 11 is 6.05. The second kappa shape index (κ2) is 8.03. The van der Waals surface area contributed by atoms with Crippen molar-refractivity contribution in [1.29, 1.82) is 0 Å². The van der Waals surface area contributed by atoms with Gasteiger partial charge in [0.1, 0.15) is 0 Å². The largest absolute Gasteiger partial charge is 0.321 e. The Bertz CT molecular complexity index is 1010. The van der Waals surface area contributed by atoms with Crippen molar-refractivity contribution in [3.8, 4) is 0 Å². The number of sulfonamides is 1. The summed E-state index contributed by atoms with van der Waals surface area (Å²) < 4.78 is 27.0. The molecule has 2 N–H and O–H groups in total. The van der Waals surface area contributed by atoms with Gasteiger partial charge in [-0.05, 0) is 44.5 Å². The van der Waals surface area contributed by atoms with Crippen LogP contribution in [0.1, 0.15) is 29.8 Å². The van der Waals surface area contributed by atoms with Crippen molar-refractivity contribution >= 4 is 38.9 Å². The molecule has 0 heterocycles. The van der Waals surface area contributed by atoms with Crippen LogP contribution in [-0.4, -0.2) is 25.3 Å². The number of nitro benzene ring substituents is 1. The summed E-state index contributed by atoms with van der Waals surface area (Å²) in [5.41, 5.74) is 0.600. The van der Waals surface area contributed by atoms with Crippen LogP contribution in [-0.2, 0) is 10.0 Å². The summed E-state index contributed by atoms with van der Waals surface area (Å²) in [6.45, 7) is 5.02. The molecule has 10 heteroatoms.